The van der Waals surface area contributed by atoms with Crippen LogP contribution in [-0.4, -0.2) is 91.0 Å². The summed E-state index contributed by atoms with van der Waals surface area (Å²) in [5.41, 5.74) is -4.79. The number of rotatable bonds is 4. The number of carbonyl (C=O) groups excluding carboxylic acids is 2. The Kier molecular flexibility index (Phi) is 4.82. The Morgan fingerprint density at radius 1 is 1.14 bits per heavy atom. The Morgan fingerprint density at radius 2 is 1.92 bits per heavy atom. The standard InChI is InChI=1S/C26H32N2O8/c1-5-36-17-9-13-27-14-12-24-15-7-6-8-16(33-2)18(15)28(22(31)35-4)25(24)11-10-23(17,19(24)27)20(29)26(25,32)21(30)34-3/h6-9,13,17,19-20,29,32H,5,10-12,14H2,1-4H3/t17-,19-,20?,23+,24+,25-,26?/m0/s1. The van der Waals surface area contributed by atoms with E-state index in [1.165, 1.54) is 26.2 Å². The van der Waals surface area contributed by atoms with Crippen LogP contribution in [0.3, 0.4) is 0 Å². The van der Waals surface area contributed by atoms with Gasteiger partial charge in [-0.25, -0.2) is 9.59 Å². The van der Waals surface area contributed by atoms with E-state index in [4.69, 9.17) is 18.9 Å². The van der Waals surface area contributed by atoms with E-state index in [0.29, 0.717) is 37.4 Å². The van der Waals surface area contributed by atoms with E-state index in [2.05, 4.69) is 4.90 Å². The maximum atomic E-state index is 13.7. The first-order valence-electron chi connectivity index (χ1n) is 12.4. The normalized spacial score (nSPS) is 41.0. The predicted molar refractivity (Wildman–Crippen MR) is 127 cm³/mol. The molecule has 6 aliphatic rings. The molecule has 10 heteroatoms. The number of hydrogen-bond donors (Lipinski definition) is 2. The molecule has 3 aliphatic carbocycles. The van der Waals surface area contributed by atoms with Crippen molar-refractivity contribution in [1.82, 2.24) is 4.90 Å². The van der Waals surface area contributed by atoms with Crippen LogP contribution in [0.15, 0.2) is 30.5 Å². The largest absolute Gasteiger partial charge is 0.495 e. The average molecular weight is 501 g/mol. The molecule has 1 aromatic carbocycles. The number of hydrogen-bond acceptors (Lipinski definition) is 9. The number of carbonyl (C=O) groups is 2. The van der Waals surface area contributed by atoms with Crippen LogP contribution in [0.1, 0.15) is 31.7 Å². The SMILES string of the molecule is CCO[C@H]1C=CN2CC[C@]34c5cccc(OC)c5N(C(=O)OC)[C@@]35CC[C@]1(C(O)C5(O)C(=O)OC)[C@H]24. The van der Waals surface area contributed by atoms with Crippen molar-refractivity contribution in [3.63, 3.8) is 0 Å². The lowest BCUT2D eigenvalue weighted by atomic mass is 9.36. The zero-order valence-electron chi connectivity index (χ0n) is 20.9. The molecule has 2 bridgehead atoms. The molecule has 0 aromatic heterocycles. The molecule has 7 atom stereocenters. The Morgan fingerprint density at radius 3 is 2.58 bits per heavy atom. The molecule has 2 N–H and O–H groups in total. The van der Waals surface area contributed by atoms with Crippen molar-refractivity contribution in [3.05, 3.63) is 36.0 Å². The highest BCUT2D eigenvalue weighted by atomic mass is 16.6. The van der Waals surface area contributed by atoms with E-state index >= 15 is 0 Å². The zero-order chi connectivity index (χ0) is 25.7. The van der Waals surface area contributed by atoms with Crippen molar-refractivity contribution in [2.75, 3.05) is 39.4 Å². The molecule has 2 unspecified atom stereocenters. The monoisotopic (exact) mass is 500 g/mol. The minimum Gasteiger partial charge on any atom is -0.495 e. The molecule has 36 heavy (non-hydrogen) atoms. The summed E-state index contributed by atoms with van der Waals surface area (Å²) >= 11 is 0. The van der Waals surface area contributed by atoms with Gasteiger partial charge in [-0.15, -0.1) is 0 Å². The van der Waals surface area contributed by atoms with Gasteiger partial charge in [0, 0.05) is 18.6 Å². The van der Waals surface area contributed by atoms with Gasteiger partial charge in [0.25, 0.3) is 0 Å². The third-order valence-corrected chi connectivity index (χ3v) is 9.75. The van der Waals surface area contributed by atoms with Crippen molar-refractivity contribution in [2.45, 2.75) is 61.0 Å². The molecule has 10 nitrogen and oxygen atoms in total. The molecule has 194 valence electrons. The fourth-order valence-corrected chi connectivity index (χ4v) is 8.85. The molecule has 3 spiro atoms. The predicted octanol–water partition coefficient (Wildman–Crippen LogP) is 1.32. The van der Waals surface area contributed by atoms with Gasteiger partial charge >= 0.3 is 12.1 Å². The summed E-state index contributed by atoms with van der Waals surface area (Å²) in [6, 6.07) is 5.16. The second-order valence-corrected chi connectivity index (χ2v) is 10.4. The molecule has 3 aliphatic heterocycles. The van der Waals surface area contributed by atoms with Crippen LogP contribution in [-0.2, 0) is 24.4 Å². The molecule has 0 radical (unpaired) electrons. The van der Waals surface area contributed by atoms with Crippen LogP contribution >= 0.6 is 0 Å². The van der Waals surface area contributed by atoms with Gasteiger partial charge in [-0.3, -0.25) is 4.90 Å². The van der Waals surface area contributed by atoms with Crippen molar-refractivity contribution >= 4 is 17.7 Å². The Balaban J connectivity index is 1.77. The number of aliphatic hydroxyl groups excluding tert-OH is 1. The highest BCUT2D eigenvalue weighted by molar-refractivity contribution is 6.01. The van der Waals surface area contributed by atoms with E-state index in [9.17, 15) is 19.8 Å². The summed E-state index contributed by atoms with van der Waals surface area (Å²) in [4.78, 5) is 30.9. The molecular weight excluding hydrogens is 468 g/mol. The fourth-order valence-electron chi connectivity index (χ4n) is 8.85. The van der Waals surface area contributed by atoms with Gasteiger partial charge in [0.2, 0.25) is 5.60 Å². The van der Waals surface area contributed by atoms with Gasteiger partial charge in [0.05, 0.1) is 44.6 Å². The van der Waals surface area contributed by atoms with Crippen LogP contribution in [0.5, 0.6) is 5.75 Å². The number of methoxy groups -OCH3 is 3. The van der Waals surface area contributed by atoms with Crippen LogP contribution < -0.4 is 9.64 Å². The van der Waals surface area contributed by atoms with Crippen LogP contribution in [0.2, 0.25) is 0 Å². The van der Waals surface area contributed by atoms with Gasteiger partial charge < -0.3 is 34.1 Å². The third-order valence-electron chi connectivity index (χ3n) is 9.75. The summed E-state index contributed by atoms with van der Waals surface area (Å²) in [5.74, 6) is -0.572. The number of aliphatic hydroxyl groups is 2. The number of nitrogens with zero attached hydrogens (tertiary/aromatic N) is 2. The highest BCUT2D eigenvalue weighted by Gasteiger charge is 2.91. The first-order chi connectivity index (χ1) is 17.3. The lowest BCUT2D eigenvalue weighted by molar-refractivity contribution is -0.291. The van der Waals surface area contributed by atoms with Crippen molar-refractivity contribution < 1.29 is 38.7 Å². The first kappa shape index (κ1) is 23.6. The molecule has 7 rings (SSSR count). The topological polar surface area (TPSA) is 118 Å². The van der Waals surface area contributed by atoms with E-state index < -0.39 is 46.2 Å². The average Bonchev–Trinajstić information content (AvgIpc) is 3.43. The van der Waals surface area contributed by atoms with Crippen LogP contribution in [0.25, 0.3) is 0 Å². The molecular formula is C26H32N2O8. The number of ether oxygens (including phenoxy) is 4. The number of esters is 1. The van der Waals surface area contributed by atoms with Gasteiger partial charge in [0.15, 0.2) is 0 Å². The van der Waals surface area contributed by atoms with Gasteiger partial charge in [-0.1, -0.05) is 12.1 Å². The zero-order valence-corrected chi connectivity index (χ0v) is 20.9. The number of anilines is 1. The summed E-state index contributed by atoms with van der Waals surface area (Å²) < 4.78 is 22.3. The quantitative estimate of drug-likeness (QED) is 0.590. The summed E-state index contributed by atoms with van der Waals surface area (Å²) in [6.07, 6.45) is 2.19. The molecule has 1 saturated heterocycles. The van der Waals surface area contributed by atoms with E-state index in [1.54, 1.807) is 6.07 Å². The summed E-state index contributed by atoms with van der Waals surface area (Å²) in [7, 11) is 3.96. The molecule has 1 aromatic rings. The minimum absolute atomic E-state index is 0.227. The number of fused-ring (bicyclic) bond motifs is 3. The summed E-state index contributed by atoms with van der Waals surface area (Å²) in [6.45, 7) is 2.88. The van der Waals surface area contributed by atoms with E-state index in [0.717, 1.165) is 5.56 Å². The second-order valence-electron chi connectivity index (χ2n) is 10.4. The van der Waals surface area contributed by atoms with E-state index in [1.807, 2.05) is 31.3 Å². The number of amides is 1. The number of para-hydroxylation sites is 1. The maximum absolute atomic E-state index is 13.7. The van der Waals surface area contributed by atoms with Crippen LogP contribution in [0.4, 0.5) is 10.5 Å². The highest BCUT2D eigenvalue weighted by Crippen LogP contribution is 2.77. The van der Waals surface area contributed by atoms with Gasteiger partial charge in [-0.2, -0.15) is 0 Å². The fraction of sp³-hybridized carbons (Fsp3) is 0.615. The second kappa shape index (κ2) is 7.36. The smallest absolute Gasteiger partial charge is 0.414 e. The Labute approximate surface area is 209 Å². The van der Waals surface area contributed by atoms with Gasteiger partial charge in [-0.05, 0) is 50.1 Å². The van der Waals surface area contributed by atoms with Crippen molar-refractivity contribution in [1.29, 1.82) is 0 Å². The number of benzene rings is 1. The molecule has 3 saturated carbocycles. The van der Waals surface area contributed by atoms with Crippen molar-refractivity contribution in [3.8, 4) is 5.75 Å². The molecule has 3 heterocycles. The lowest BCUT2D eigenvalue weighted by Gasteiger charge is -2.73. The van der Waals surface area contributed by atoms with Crippen LogP contribution in [0, 0.1) is 5.41 Å². The molecule has 4 fully saturated rings. The van der Waals surface area contributed by atoms with Gasteiger partial charge in [0.1, 0.15) is 17.4 Å². The minimum atomic E-state index is -2.47. The third kappa shape index (κ3) is 2.10. The van der Waals surface area contributed by atoms with Crippen molar-refractivity contribution in [2.24, 2.45) is 5.41 Å². The van der Waals surface area contributed by atoms with E-state index in [-0.39, 0.29) is 12.5 Å². The maximum Gasteiger partial charge on any atom is 0.414 e. The Hall–Kier alpha value is -2.82. The summed E-state index contributed by atoms with van der Waals surface area (Å²) in [5, 5.41) is 24.8. The molecule has 1 amide bonds. The lowest BCUT2D eigenvalue weighted by Crippen LogP contribution is -2.92. The Bertz CT molecular complexity index is 1170. The first-order valence-corrected chi connectivity index (χ1v) is 12.4.